The zero-order valence-corrected chi connectivity index (χ0v) is 32.8. The molecule has 3 aliphatic rings. The molecule has 56 heavy (non-hydrogen) atoms. The second-order valence-electron chi connectivity index (χ2n) is 16.1. The molecule has 1 saturated carbocycles. The van der Waals surface area contributed by atoms with E-state index in [0.29, 0.717) is 62.1 Å². The number of aryl methyl sites for hydroxylation is 1. The van der Waals surface area contributed by atoms with Crippen LogP contribution < -0.4 is 25.3 Å². The number of anilines is 1. The van der Waals surface area contributed by atoms with Crippen molar-refractivity contribution in [1.82, 2.24) is 10.3 Å². The summed E-state index contributed by atoms with van der Waals surface area (Å²) in [5, 5.41) is 57.8. The number of hydrogen-bond donors (Lipinski definition) is 7. The molecule has 3 aromatic rings. The van der Waals surface area contributed by atoms with Gasteiger partial charge in [0.25, 0.3) is 0 Å². The van der Waals surface area contributed by atoms with Crippen molar-refractivity contribution in [3.8, 4) is 28.7 Å². The van der Waals surface area contributed by atoms with E-state index >= 15 is 0 Å². The Morgan fingerprint density at radius 1 is 0.982 bits per heavy atom. The number of aliphatic hydroxyl groups is 2. The van der Waals surface area contributed by atoms with Crippen molar-refractivity contribution >= 4 is 11.8 Å². The summed E-state index contributed by atoms with van der Waals surface area (Å²) in [5.74, 6) is -0.327. The molecular formula is C43H59N3O10. The van der Waals surface area contributed by atoms with E-state index in [9.17, 15) is 30.3 Å². The predicted octanol–water partition coefficient (Wildman–Crippen LogP) is 5.70. The Morgan fingerprint density at radius 2 is 1.73 bits per heavy atom. The fourth-order valence-electron chi connectivity index (χ4n) is 9.87. The number of phenolic OH excluding ortho intramolecular Hbond substituents is 2. The van der Waals surface area contributed by atoms with Gasteiger partial charge < -0.3 is 55.5 Å². The van der Waals surface area contributed by atoms with Crippen LogP contribution in [-0.2, 0) is 22.4 Å². The van der Waals surface area contributed by atoms with E-state index in [-0.39, 0.29) is 54.8 Å². The molecule has 13 heteroatoms. The molecule has 0 amide bonds. The molecule has 0 radical (unpaired) electrons. The normalized spacial score (nSPS) is 27.7. The van der Waals surface area contributed by atoms with Gasteiger partial charge in [-0.2, -0.15) is 0 Å². The molecule has 306 valence electrons. The van der Waals surface area contributed by atoms with Gasteiger partial charge in [0.15, 0.2) is 23.0 Å². The highest BCUT2D eigenvalue weighted by Gasteiger charge is 2.61. The fourth-order valence-corrected chi connectivity index (χ4v) is 9.87. The van der Waals surface area contributed by atoms with Crippen LogP contribution in [0.4, 0.5) is 5.82 Å². The third-order valence-corrected chi connectivity index (χ3v) is 12.8. The number of aromatic nitrogens is 1. The van der Waals surface area contributed by atoms with Crippen LogP contribution in [0, 0.1) is 16.7 Å². The summed E-state index contributed by atoms with van der Waals surface area (Å²) in [6, 6.07) is 12.0. The Morgan fingerprint density at radius 3 is 2.43 bits per heavy atom. The maximum atomic E-state index is 13.6. The maximum absolute atomic E-state index is 13.6. The quantitative estimate of drug-likeness (QED) is 0.0991. The number of piperidine rings is 1. The highest BCUT2D eigenvalue weighted by molar-refractivity contribution is 5.76. The first-order chi connectivity index (χ1) is 26.9. The van der Waals surface area contributed by atoms with E-state index in [1.54, 1.807) is 30.5 Å². The number of nitrogens with zero attached hydrogens (tertiary/aromatic N) is 1. The van der Waals surface area contributed by atoms with E-state index in [0.717, 1.165) is 36.8 Å². The average Bonchev–Trinajstić information content (AvgIpc) is 3.19. The topological polar surface area (TPSA) is 206 Å². The number of carboxylic acids is 1. The Kier molecular flexibility index (Phi) is 13.2. The van der Waals surface area contributed by atoms with Crippen molar-refractivity contribution in [3.05, 3.63) is 65.4 Å². The largest absolute Gasteiger partial charge is 0.504 e. The van der Waals surface area contributed by atoms with Crippen molar-refractivity contribution in [2.45, 2.75) is 114 Å². The summed E-state index contributed by atoms with van der Waals surface area (Å²) >= 11 is 0. The van der Waals surface area contributed by atoms with Crippen molar-refractivity contribution < 1.29 is 49.3 Å². The highest BCUT2D eigenvalue weighted by atomic mass is 16.5. The molecule has 7 atom stereocenters. The summed E-state index contributed by atoms with van der Waals surface area (Å²) in [6.07, 6.45) is 7.38. The summed E-state index contributed by atoms with van der Waals surface area (Å²) in [5.41, 5.74) is 6.83. The zero-order valence-electron chi connectivity index (χ0n) is 32.8. The molecule has 3 heterocycles. The van der Waals surface area contributed by atoms with Gasteiger partial charge in [0.05, 0.1) is 37.9 Å². The lowest BCUT2D eigenvalue weighted by Gasteiger charge is -2.57. The molecule has 6 rings (SSSR count). The number of phenols is 2. The number of nitrogen functional groups attached to an aromatic ring is 1. The van der Waals surface area contributed by atoms with E-state index < -0.39 is 41.0 Å². The third-order valence-electron chi connectivity index (χ3n) is 12.8. The van der Waals surface area contributed by atoms with Crippen molar-refractivity contribution in [2.24, 2.45) is 16.7 Å². The van der Waals surface area contributed by atoms with Gasteiger partial charge in [-0.3, -0.25) is 4.79 Å². The van der Waals surface area contributed by atoms with Gasteiger partial charge >= 0.3 is 5.97 Å². The summed E-state index contributed by atoms with van der Waals surface area (Å²) in [6.45, 7) is 2.01. The minimum Gasteiger partial charge on any atom is -0.504 e. The predicted molar refractivity (Wildman–Crippen MR) is 210 cm³/mol. The second-order valence-corrected chi connectivity index (χ2v) is 16.1. The summed E-state index contributed by atoms with van der Waals surface area (Å²) in [4.78, 5) is 17.8. The third kappa shape index (κ3) is 8.51. The lowest BCUT2D eigenvalue weighted by molar-refractivity contribution is -0.170. The van der Waals surface area contributed by atoms with Gasteiger partial charge in [0, 0.05) is 36.2 Å². The monoisotopic (exact) mass is 777 g/mol. The van der Waals surface area contributed by atoms with Crippen LogP contribution in [0.25, 0.3) is 0 Å². The zero-order chi connectivity index (χ0) is 40.0. The molecule has 0 unspecified atom stereocenters. The minimum atomic E-state index is -1.02. The molecule has 2 aromatic carbocycles. The molecular weight excluding hydrogens is 718 g/mol. The van der Waals surface area contributed by atoms with Crippen LogP contribution in [0.15, 0.2) is 48.7 Å². The van der Waals surface area contributed by atoms with Crippen LogP contribution in [0.5, 0.6) is 28.7 Å². The van der Waals surface area contributed by atoms with Gasteiger partial charge in [0.1, 0.15) is 12.4 Å². The van der Waals surface area contributed by atoms with Gasteiger partial charge in [-0.15, -0.1) is 0 Å². The number of nitrogens with one attached hydrogen (secondary N) is 1. The number of rotatable bonds is 15. The summed E-state index contributed by atoms with van der Waals surface area (Å²) in [7, 11) is 2.95. The van der Waals surface area contributed by atoms with Gasteiger partial charge in [0.2, 0.25) is 5.75 Å². The van der Waals surface area contributed by atoms with Gasteiger partial charge in [-0.25, -0.2) is 4.98 Å². The lowest BCUT2D eigenvalue weighted by atomic mass is 9.49. The number of benzene rings is 2. The Labute approximate surface area is 329 Å². The van der Waals surface area contributed by atoms with E-state index in [4.69, 9.17) is 24.7 Å². The number of pyridine rings is 1. The fraction of sp³-hybridized carbons (Fsp3) is 0.581. The van der Waals surface area contributed by atoms with E-state index in [1.807, 2.05) is 18.2 Å². The molecule has 2 saturated heterocycles. The number of aliphatic carboxylic acids is 1. The van der Waals surface area contributed by atoms with Crippen molar-refractivity contribution in [1.29, 1.82) is 0 Å². The molecule has 8 N–H and O–H groups in total. The molecule has 0 bridgehead atoms. The lowest BCUT2D eigenvalue weighted by Crippen LogP contribution is -2.66. The van der Waals surface area contributed by atoms with Crippen LogP contribution in [-0.4, -0.2) is 88.2 Å². The highest BCUT2D eigenvalue weighted by Crippen LogP contribution is 2.58. The molecule has 13 nitrogen and oxygen atoms in total. The van der Waals surface area contributed by atoms with Crippen molar-refractivity contribution in [3.63, 3.8) is 0 Å². The Hall–Kier alpha value is -4.30. The van der Waals surface area contributed by atoms with E-state index in [2.05, 4.69) is 17.2 Å². The van der Waals surface area contributed by atoms with Crippen LogP contribution in [0.2, 0.25) is 0 Å². The number of aromatic hydroxyl groups is 2. The minimum absolute atomic E-state index is 0.0561. The summed E-state index contributed by atoms with van der Waals surface area (Å²) < 4.78 is 24.2. The molecule has 2 aliphatic heterocycles. The van der Waals surface area contributed by atoms with E-state index in [1.165, 1.54) is 14.2 Å². The smallest absolute Gasteiger partial charge is 0.310 e. The number of methoxy groups -OCH3 is 2. The Bertz CT molecular complexity index is 1800. The standard InChI is InChI=1S/C43H59N3O10/c1-26-11-16-43(24-28-12-17-45-38(44)20-28,42(41(51)52)14-5-4-6-15-42)37(46-26)25-55-36-22-29(21-35(54-3)39(36)50)40-31(13-18-47)33(49)23-30(56-40)9-7-27-8-10-32(48)34(19-27)53-2/h8,10,12,17,19-22,26,30-31,33,37,40,46-50H,4-7,9,11,13-16,18,23-25H2,1-3H3,(H2,44,45)(H,51,52)/t26-,30-,31-,33-,37+,40+,43+/m0/s1. The SMILES string of the molecule is COc1cc(CC[C@H]2C[C@H](O)[C@H](CCO)[C@@H](c3cc(OC)c(O)c(OC[C@H]4N[C@@H](C)CC[C@]4(Cc4ccnc(N)c4)C4(C(=O)O)CCCCC4)c3)O2)ccc1O. The molecule has 0 spiro atoms. The average molecular weight is 778 g/mol. The first kappa shape index (κ1) is 41.3. The number of carboxylic acid groups (broad SMARTS) is 1. The van der Waals surface area contributed by atoms with Crippen LogP contribution in [0.1, 0.15) is 93.9 Å². The second kappa shape index (κ2) is 17.9. The Balaban J connectivity index is 1.32. The van der Waals surface area contributed by atoms with Crippen LogP contribution >= 0.6 is 0 Å². The first-order valence-electron chi connectivity index (χ1n) is 20.0. The van der Waals surface area contributed by atoms with Crippen LogP contribution in [0.3, 0.4) is 0 Å². The number of carbonyl (C=O) groups is 1. The molecule has 1 aliphatic carbocycles. The number of aliphatic hydroxyl groups excluding tert-OH is 2. The van der Waals surface area contributed by atoms with Crippen molar-refractivity contribution in [2.75, 3.05) is 33.2 Å². The van der Waals surface area contributed by atoms with Gasteiger partial charge in [-0.05, 0) is 118 Å². The molecule has 1 aromatic heterocycles. The number of ether oxygens (including phenoxy) is 4. The first-order valence-corrected chi connectivity index (χ1v) is 20.0. The number of hydrogen-bond acceptors (Lipinski definition) is 12. The maximum Gasteiger partial charge on any atom is 0.310 e. The number of nitrogens with two attached hydrogens (primary N) is 1. The van der Waals surface area contributed by atoms with Gasteiger partial charge in [-0.1, -0.05) is 25.3 Å². The molecule has 3 fully saturated rings.